The Morgan fingerprint density at radius 1 is 1.33 bits per heavy atom. The van der Waals surface area contributed by atoms with Gasteiger partial charge in [0.1, 0.15) is 0 Å². The van der Waals surface area contributed by atoms with Crippen molar-refractivity contribution >= 4 is 11.8 Å². The van der Waals surface area contributed by atoms with Gasteiger partial charge in [-0.25, -0.2) is 0 Å². The third kappa shape index (κ3) is 4.78. The van der Waals surface area contributed by atoms with E-state index in [1.807, 2.05) is 0 Å². The summed E-state index contributed by atoms with van der Waals surface area (Å²) < 4.78 is 0. The average molecular weight is 229 g/mol. The topological polar surface area (TPSA) is 12.0 Å². The van der Waals surface area contributed by atoms with E-state index in [0.29, 0.717) is 0 Å². The molecular weight excluding hydrogens is 202 g/mol. The van der Waals surface area contributed by atoms with Crippen molar-refractivity contribution in [1.29, 1.82) is 0 Å². The second-order valence-corrected chi connectivity index (χ2v) is 6.35. The lowest BCUT2D eigenvalue weighted by molar-refractivity contribution is 0.431. The molecule has 0 aromatic heterocycles. The predicted molar refractivity (Wildman–Crippen MR) is 71.6 cm³/mol. The standard InChI is InChI=1S/C13H27NS/c1-4-7-11(3)10-14-12-8-6-9-13(12)15-5-2/h11-14H,4-10H2,1-3H3. The van der Waals surface area contributed by atoms with Gasteiger partial charge in [0.05, 0.1) is 0 Å². The van der Waals surface area contributed by atoms with Crippen LogP contribution in [-0.2, 0) is 0 Å². The minimum atomic E-state index is 0.800. The van der Waals surface area contributed by atoms with Gasteiger partial charge in [-0.2, -0.15) is 11.8 Å². The molecule has 15 heavy (non-hydrogen) atoms. The highest BCUT2D eigenvalue weighted by Crippen LogP contribution is 2.29. The molecule has 1 saturated carbocycles. The molecule has 1 rings (SSSR count). The van der Waals surface area contributed by atoms with E-state index in [4.69, 9.17) is 0 Å². The molecule has 1 fully saturated rings. The van der Waals surface area contributed by atoms with E-state index in [9.17, 15) is 0 Å². The first kappa shape index (κ1) is 13.4. The molecule has 0 amide bonds. The normalized spacial score (nSPS) is 28.2. The van der Waals surface area contributed by atoms with Gasteiger partial charge in [0.2, 0.25) is 0 Å². The van der Waals surface area contributed by atoms with Gasteiger partial charge in [-0.05, 0) is 37.5 Å². The number of hydrogen-bond acceptors (Lipinski definition) is 2. The van der Waals surface area contributed by atoms with Crippen molar-refractivity contribution in [3.63, 3.8) is 0 Å². The van der Waals surface area contributed by atoms with Crippen LogP contribution in [0.15, 0.2) is 0 Å². The fraction of sp³-hybridized carbons (Fsp3) is 1.00. The summed E-state index contributed by atoms with van der Waals surface area (Å²) in [6.45, 7) is 8.15. The zero-order valence-electron chi connectivity index (χ0n) is 10.6. The summed E-state index contributed by atoms with van der Waals surface area (Å²) in [4.78, 5) is 0. The SMILES string of the molecule is CCCC(C)CNC1CCCC1SCC. The first-order valence-corrected chi connectivity index (χ1v) is 7.67. The third-order valence-electron chi connectivity index (χ3n) is 3.34. The largest absolute Gasteiger partial charge is 0.313 e. The molecule has 0 aromatic carbocycles. The molecule has 90 valence electrons. The number of thioether (sulfide) groups is 1. The Morgan fingerprint density at radius 2 is 2.13 bits per heavy atom. The van der Waals surface area contributed by atoms with Crippen molar-refractivity contribution in [3.05, 3.63) is 0 Å². The van der Waals surface area contributed by atoms with Crippen LogP contribution in [0.4, 0.5) is 0 Å². The summed E-state index contributed by atoms with van der Waals surface area (Å²) in [5, 5.41) is 4.67. The van der Waals surface area contributed by atoms with E-state index in [-0.39, 0.29) is 0 Å². The highest BCUT2D eigenvalue weighted by Gasteiger charge is 2.26. The Hall–Kier alpha value is 0.310. The first-order valence-electron chi connectivity index (χ1n) is 6.62. The van der Waals surface area contributed by atoms with E-state index in [1.165, 1.54) is 44.4 Å². The maximum Gasteiger partial charge on any atom is 0.0201 e. The van der Waals surface area contributed by atoms with Crippen molar-refractivity contribution in [1.82, 2.24) is 5.32 Å². The van der Waals surface area contributed by atoms with E-state index >= 15 is 0 Å². The smallest absolute Gasteiger partial charge is 0.0201 e. The van der Waals surface area contributed by atoms with Gasteiger partial charge in [0.15, 0.2) is 0 Å². The van der Waals surface area contributed by atoms with Crippen molar-refractivity contribution < 1.29 is 0 Å². The summed E-state index contributed by atoms with van der Waals surface area (Å²) in [7, 11) is 0. The van der Waals surface area contributed by atoms with Gasteiger partial charge in [-0.15, -0.1) is 0 Å². The molecule has 0 spiro atoms. The van der Waals surface area contributed by atoms with Gasteiger partial charge in [0, 0.05) is 11.3 Å². The monoisotopic (exact) mass is 229 g/mol. The Morgan fingerprint density at radius 3 is 2.80 bits per heavy atom. The molecule has 0 aliphatic heterocycles. The van der Waals surface area contributed by atoms with Crippen LogP contribution < -0.4 is 5.32 Å². The molecule has 2 heteroatoms. The van der Waals surface area contributed by atoms with Crippen molar-refractivity contribution in [2.24, 2.45) is 5.92 Å². The van der Waals surface area contributed by atoms with Crippen LogP contribution in [0.3, 0.4) is 0 Å². The first-order chi connectivity index (χ1) is 7.27. The number of hydrogen-bond donors (Lipinski definition) is 1. The van der Waals surface area contributed by atoms with Crippen molar-refractivity contribution in [3.8, 4) is 0 Å². The summed E-state index contributed by atoms with van der Waals surface area (Å²) in [5.74, 6) is 2.12. The summed E-state index contributed by atoms with van der Waals surface area (Å²) in [5.41, 5.74) is 0. The minimum Gasteiger partial charge on any atom is -0.313 e. The number of rotatable bonds is 7. The van der Waals surface area contributed by atoms with Crippen molar-refractivity contribution in [2.45, 2.75) is 64.2 Å². The number of nitrogens with one attached hydrogen (secondary N) is 1. The molecular formula is C13H27NS. The van der Waals surface area contributed by atoms with Gasteiger partial charge < -0.3 is 5.32 Å². The molecule has 0 aromatic rings. The lowest BCUT2D eigenvalue weighted by atomic mass is 10.1. The summed E-state index contributed by atoms with van der Waals surface area (Å²) in [6.07, 6.45) is 6.94. The van der Waals surface area contributed by atoms with E-state index in [1.54, 1.807) is 0 Å². The highest BCUT2D eigenvalue weighted by atomic mass is 32.2. The third-order valence-corrected chi connectivity index (χ3v) is 4.67. The Kier molecular flexibility index (Phi) is 6.74. The Labute approximate surface area is 99.8 Å². The van der Waals surface area contributed by atoms with Crippen LogP contribution in [-0.4, -0.2) is 23.6 Å². The van der Waals surface area contributed by atoms with Crippen LogP contribution in [0.5, 0.6) is 0 Å². The Balaban J connectivity index is 2.19. The predicted octanol–water partition coefficient (Wildman–Crippen LogP) is 3.69. The highest BCUT2D eigenvalue weighted by molar-refractivity contribution is 7.99. The zero-order chi connectivity index (χ0) is 11.1. The molecule has 0 saturated heterocycles. The zero-order valence-corrected chi connectivity index (χ0v) is 11.4. The molecule has 1 nitrogen and oxygen atoms in total. The van der Waals surface area contributed by atoms with E-state index < -0.39 is 0 Å². The quantitative estimate of drug-likeness (QED) is 0.714. The molecule has 0 radical (unpaired) electrons. The average Bonchev–Trinajstić information content (AvgIpc) is 2.64. The molecule has 0 heterocycles. The van der Waals surface area contributed by atoms with Gasteiger partial charge >= 0.3 is 0 Å². The van der Waals surface area contributed by atoms with Gasteiger partial charge in [-0.1, -0.05) is 33.6 Å². The summed E-state index contributed by atoms with van der Waals surface area (Å²) >= 11 is 2.15. The molecule has 1 aliphatic carbocycles. The maximum absolute atomic E-state index is 3.78. The second kappa shape index (κ2) is 7.56. The van der Waals surface area contributed by atoms with Crippen molar-refractivity contribution in [2.75, 3.05) is 12.3 Å². The van der Waals surface area contributed by atoms with Crippen LogP contribution in [0.1, 0.15) is 52.9 Å². The van der Waals surface area contributed by atoms with Crippen LogP contribution >= 0.6 is 11.8 Å². The van der Waals surface area contributed by atoms with Crippen LogP contribution in [0.2, 0.25) is 0 Å². The van der Waals surface area contributed by atoms with E-state index in [0.717, 1.165) is 17.2 Å². The minimum absolute atomic E-state index is 0.800. The Bertz CT molecular complexity index is 161. The second-order valence-electron chi connectivity index (χ2n) is 4.83. The molecule has 1 N–H and O–H groups in total. The molecule has 3 unspecified atom stereocenters. The van der Waals surface area contributed by atoms with Crippen LogP contribution in [0.25, 0.3) is 0 Å². The summed E-state index contributed by atoms with van der Waals surface area (Å²) in [6, 6.07) is 0.800. The fourth-order valence-corrected chi connectivity index (χ4v) is 3.75. The molecule has 1 aliphatic rings. The maximum atomic E-state index is 3.78. The lowest BCUT2D eigenvalue weighted by Gasteiger charge is -2.22. The molecule has 3 atom stereocenters. The van der Waals surface area contributed by atoms with Gasteiger partial charge in [0.25, 0.3) is 0 Å². The lowest BCUT2D eigenvalue weighted by Crippen LogP contribution is -2.36. The van der Waals surface area contributed by atoms with Gasteiger partial charge in [-0.3, -0.25) is 0 Å². The van der Waals surface area contributed by atoms with Crippen LogP contribution in [0, 0.1) is 5.92 Å². The van der Waals surface area contributed by atoms with E-state index in [2.05, 4.69) is 37.8 Å². The fourth-order valence-electron chi connectivity index (χ4n) is 2.52. The molecule has 0 bridgehead atoms.